The first kappa shape index (κ1) is 6.78. The van der Waals surface area contributed by atoms with Crippen molar-refractivity contribution in [3.63, 3.8) is 0 Å². The number of aliphatic hydroxyl groups excluding tert-OH is 1. The normalized spacial score (nSPS) is 8.29. The van der Waals surface area contributed by atoms with Crippen LogP contribution in [0.4, 0.5) is 0 Å². The summed E-state index contributed by atoms with van der Waals surface area (Å²) in [7, 11) is 0. The molecule has 0 aliphatic rings. The van der Waals surface area contributed by atoms with E-state index in [1.54, 1.807) is 6.26 Å². The van der Waals surface area contributed by atoms with Crippen molar-refractivity contribution in [3.8, 4) is 0 Å². The Kier molecular flexibility index (Phi) is 3.83. The minimum absolute atomic E-state index is 0.541. The van der Waals surface area contributed by atoms with Crippen LogP contribution in [0.15, 0.2) is 0 Å². The number of rotatable bonds is 2. The van der Waals surface area contributed by atoms with E-state index in [1.807, 2.05) is 0 Å². The van der Waals surface area contributed by atoms with Gasteiger partial charge in [0, 0.05) is 6.26 Å². The molecule has 0 spiro atoms. The van der Waals surface area contributed by atoms with Crippen molar-refractivity contribution in [2.24, 2.45) is 0 Å². The minimum atomic E-state index is -0.604. The predicted molar refractivity (Wildman–Crippen MR) is 26.7 cm³/mol. The Morgan fingerprint density at radius 1 is 2.00 bits per heavy atom. The van der Waals surface area contributed by atoms with Crippen LogP contribution in [0, 0.1) is 0 Å². The van der Waals surface area contributed by atoms with Crippen LogP contribution < -0.4 is 0 Å². The molecular formula is C3H6O3S. The molecule has 0 aliphatic carbocycles. The standard InChI is InChI=1S/C3H6O3S/c1-7-6-3(5)2-4/h4H,2H2,1H3. The van der Waals surface area contributed by atoms with Gasteiger partial charge < -0.3 is 9.29 Å². The summed E-state index contributed by atoms with van der Waals surface area (Å²) in [6.45, 7) is -0.541. The second kappa shape index (κ2) is 3.95. The molecule has 0 aromatic rings. The monoisotopic (exact) mass is 122 g/mol. The molecule has 1 N–H and O–H groups in total. The topological polar surface area (TPSA) is 46.5 Å². The van der Waals surface area contributed by atoms with Gasteiger partial charge >= 0.3 is 5.97 Å². The maximum Gasteiger partial charge on any atom is 0.343 e. The molecule has 0 amide bonds. The van der Waals surface area contributed by atoms with Crippen LogP contribution >= 0.6 is 12.0 Å². The first-order chi connectivity index (χ1) is 3.31. The van der Waals surface area contributed by atoms with Gasteiger partial charge in [-0.2, -0.15) is 0 Å². The van der Waals surface area contributed by atoms with Crippen LogP contribution in [-0.2, 0) is 8.98 Å². The molecule has 0 unspecified atom stereocenters. The molecule has 42 valence electrons. The zero-order valence-electron chi connectivity index (χ0n) is 3.88. The number of aliphatic hydroxyl groups is 1. The number of carbonyl (C=O) groups is 1. The maximum absolute atomic E-state index is 9.92. The molecule has 0 saturated carbocycles. The summed E-state index contributed by atoms with van der Waals surface area (Å²) in [5.41, 5.74) is 0. The summed E-state index contributed by atoms with van der Waals surface area (Å²) in [4.78, 5) is 9.92. The highest BCUT2D eigenvalue weighted by atomic mass is 32.2. The van der Waals surface area contributed by atoms with Gasteiger partial charge in [-0.25, -0.2) is 4.79 Å². The van der Waals surface area contributed by atoms with Gasteiger partial charge in [-0.1, -0.05) is 0 Å². The molecule has 0 aromatic heterocycles. The van der Waals surface area contributed by atoms with Crippen LogP contribution in [-0.4, -0.2) is 23.9 Å². The Hall–Kier alpha value is -0.220. The molecule has 0 aromatic carbocycles. The lowest BCUT2D eigenvalue weighted by molar-refractivity contribution is -0.136. The first-order valence-electron chi connectivity index (χ1n) is 1.65. The van der Waals surface area contributed by atoms with E-state index in [0.29, 0.717) is 0 Å². The van der Waals surface area contributed by atoms with Crippen LogP contribution in [0.2, 0.25) is 0 Å². The minimum Gasteiger partial charge on any atom is -0.390 e. The molecule has 0 aliphatic heterocycles. The Morgan fingerprint density at radius 3 is 2.71 bits per heavy atom. The van der Waals surface area contributed by atoms with Crippen LogP contribution in [0.5, 0.6) is 0 Å². The van der Waals surface area contributed by atoms with E-state index < -0.39 is 12.6 Å². The highest BCUT2D eigenvalue weighted by molar-refractivity contribution is 7.94. The zero-order valence-corrected chi connectivity index (χ0v) is 4.70. The van der Waals surface area contributed by atoms with Crippen molar-refractivity contribution < 1.29 is 14.1 Å². The maximum atomic E-state index is 9.92. The van der Waals surface area contributed by atoms with E-state index in [0.717, 1.165) is 12.0 Å². The third-order valence-electron chi connectivity index (χ3n) is 0.305. The predicted octanol–water partition coefficient (Wildman–Crippen LogP) is -0.200. The van der Waals surface area contributed by atoms with Gasteiger partial charge in [-0.15, -0.1) is 0 Å². The smallest absolute Gasteiger partial charge is 0.343 e. The summed E-state index contributed by atoms with van der Waals surface area (Å²) in [5.74, 6) is -0.604. The Bertz CT molecular complexity index is 63.2. The van der Waals surface area contributed by atoms with E-state index in [1.165, 1.54) is 0 Å². The van der Waals surface area contributed by atoms with E-state index in [4.69, 9.17) is 5.11 Å². The van der Waals surface area contributed by atoms with Crippen molar-refractivity contribution in [1.29, 1.82) is 0 Å². The third kappa shape index (κ3) is 3.61. The van der Waals surface area contributed by atoms with Gasteiger partial charge in [0.05, 0.1) is 12.0 Å². The second-order valence-electron chi connectivity index (χ2n) is 0.780. The van der Waals surface area contributed by atoms with Crippen LogP contribution in [0.1, 0.15) is 0 Å². The number of hydrogen-bond acceptors (Lipinski definition) is 4. The molecule has 0 atom stereocenters. The van der Waals surface area contributed by atoms with Gasteiger partial charge in [0.1, 0.15) is 6.61 Å². The van der Waals surface area contributed by atoms with E-state index in [9.17, 15) is 4.79 Å². The lowest BCUT2D eigenvalue weighted by Gasteiger charge is -1.90. The van der Waals surface area contributed by atoms with Gasteiger partial charge in [-0.3, -0.25) is 0 Å². The van der Waals surface area contributed by atoms with Crippen molar-refractivity contribution >= 4 is 18.0 Å². The Morgan fingerprint density at radius 2 is 2.57 bits per heavy atom. The molecule has 0 saturated heterocycles. The molecule has 0 bridgehead atoms. The highest BCUT2D eigenvalue weighted by Crippen LogP contribution is 1.92. The van der Waals surface area contributed by atoms with Crippen molar-refractivity contribution in [2.45, 2.75) is 0 Å². The number of hydrogen-bond donors (Lipinski definition) is 1. The lowest BCUT2D eigenvalue weighted by atomic mass is 10.8. The van der Waals surface area contributed by atoms with E-state index in [2.05, 4.69) is 4.18 Å². The van der Waals surface area contributed by atoms with Crippen LogP contribution in [0.3, 0.4) is 0 Å². The number of carbonyl (C=O) groups excluding carboxylic acids is 1. The average Bonchev–Trinajstić information content (AvgIpc) is 1.68. The molecule has 7 heavy (non-hydrogen) atoms. The molecule has 3 nitrogen and oxygen atoms in total. The van der Waals surface area contributed by atoms with Gasteiger partial charge in [-0.05, 0) is 0 Å². The molecule has 0 heterocycles. The second-order valence-corrected chi connectivity index (χ2v) is 1.28. The zero-order chi connectivity index (χ0) is 5.70. The summed E-state index contributed by atoms with van der Waals surface area (Å²) < 4.78 is 4.22. The fraction of sp³-hybridized carbons (Fsp3) is 0.667. The molecule has 4 heteroatoms. The van der Waals surface area contributed by atoms with Gasteiger partial charge in [0.25, 0.3) is 0 Å². The summed E-state index contributed by atoms with van der Waals surface area (Å²) in [6, 6.07) is 0. The van der Waals surface area contributed by atoms with Gasteiger partial charge in [0.2, 0.25) is 0 Å². The van der Waals surface area contributed by atoms with E-state index >= 15 is 0 Å². The molecule has 0 radical (unpaired) electrons. The summed E-state index contributed by atoms with van der Waals surface area (Å²) >= 11 is 0.925. The summed E-state index contributed by atoms with van der Waals surface area (Å²) in [5, 5.41) is 7.98. The third-order valence-corrected chi connectivity index (χ3v) is 0.658. The van der Waals surface area contributed by atoms with Crippen molar-refractivity contribution in [1.82, 2.24) is 0 Å². The fourth-order valence-electron chi connectivity index (χ4n) is 0.119. The highest BCUT2D eigenvalue weighted by Gasteiger charge is 1.94. The lowest BCUT2D eigenvalue weighted by Crippen LogP contribution is -2.02. The van der Waals surface area contributed by atoms with Crippen LogP contribution in [0.25, 0.3) is 0 Å². The van der Waals surface area contributed by atoms with Crippen molar-refractivity contribution in [3.05, 3.63) is 0 Å². The molecule has 0 fully saturated rings. The molecule has 0 rings (SSSR count). The van der Waals surface area contributed by atoms with E-state index in [-0.39, 0.29) is 0 Å². The Labute approximate surface area is 45.9 Å². The SMILES string of the molecule is CSOC(=O)CO. The quantitative estimate of drug-likeness (QED) is 0.515. The molecular weight excluding hydrogens is 116 g/mol. The largest absolute Gasteiger partial charge is 0.390 e. The average molecular weight is 122 g/mol. The first-order valence-corrected chi connectivity index (χ1v) is 2.80. The van der Waals surface area contributed by atoms with Crippen molar-refractivity contribution in [2.75, 3.05) is 12.9 Å². The van der Waals surface area contributed by atoms with Gasteiger partial charge in [0.15, 0.2) is 0 Å². The summed E-state index contributed by atoms with van der Waals surface area (Å²) in [6.07, 6.45) is 1.60. The Balaban J connectivity index is 3.00. The fourth-order valence-corrected chi connectivity index (χ4v) is 0.358.